The van der Waals surface area contributed by atoms with Crippen LogP contribution in [0, 0.1) is 6.92 Å². The Balaban J connectivity index is 1.81. The molecule has 1 N–H and O–H groups in total. The number of nitrogens with zero attached hydrogens (tertiary/aromatic N) is 2. The van der Waals surface area contributed by atoms with Crippen molar-refractivity contribution in [2.45, 2.75) is 19.9 Å². The van der Waals surface area contributed by atoms with Gasteiger partial charge in [-0.15, -0.1) is 0 Å². The minimum atomic E-state index is -0.296. The fraction of sp³-hybridized carbons (Fsp3) is 0.292. The van der Waals surface area contributed by atoms with E-state index in [4.69, 9.17) is 21.1 Å². The molecule has 6 nitrogen and oxygen atoms in total. The highest BCUT2D eigenvalue weighted by atomic mass is 35.5. The van der Waals surface area contributed by atoms with E-state index in [1.165, 1.54) is 12.1 Å². The molecule has 31 heavy (non-hydrogen) atoms. The molecule has 0 spiro atoms. The second-order valence-corrected chi connectivity index (χ2v) is 8.34. The molecule has 0 amide bonds. The van der Waals surface area contributed by atoms with Crippen LogP contribution in [0.1, 0.15) is 28.0 Å². The largest absolute Gasteiger partial charge is 0.508 e. The van der Waals surface area contributed by atoms with E-state index in [2.05, 4.69) is 23.6 Å². The highest BCUT2D eigenvalue weighted by molar-refractivity contribution is 6.36. The van der Waals surface area contributed by atoms with E-state index in [1.807, 2.05) is 25.1 Å². The molecule has 0 unspecified atom stereocenters. The van der Waals surface area contributed by atoms with Gasteiger partial charge in [0.2, 0.25) is 5.78 Å². The summed E-state index contributed by atoms with van der Waals surface area (Å²) in [6, 6.07) is 8.71. The van der Waals surface area contributed by atoms with Crippen molar-refractivity contribution in [3.8, 4) is 17.2 Å². The third kappa shape index (κ3) is 3.89. The zero-order valence-corrected chi connectivity index (χ0v) is 18.8. The number of carbonyl (C=O) groups excluding carboxylic acids is 1. The summed E-state index contributed by atoms with van der Waals surface area (Å²) in [4.78, 5) is 15.1. The quantitative estimate of drug-likeness (QED) is 0.553. The average molecular weight is 441 g/mol. The number of phenols is 1. The summed E-state index contributed by atoms with van der Waals surface area (Å²) >= 11 is 6.18. The summed E-state index contributed by atoms with van der Waals surface area (Å²) in [6.45, 7) is 3.87. The maximum atomic E-state index is 13.0. The first kappa shape index (κ1) is 21.3. The molecule has 0 fully saturated rings. The summed E-state index contributed by atoms with van der Waals surface area (Å²) < 4.78 is 13.5. The molecule has 3 aromatic rings. The van der Waals surface area contributed by atoms with Gasteiger partial charge in [0.25, 0.3) is 0 Å². The fourth-order valence-corrected chi connectivity index (χ4v) is 4.30. The van der Waals surface area contributed by atoms with Gasteiger partial charge in [0.05, 0.1) is 17.7 Å². The molecule has 0 radical (unpaired) electrons. The lowest BCUT2D eigenvalue weighted by Gasteiger charge is -2.12. The molecule has 1 aliphatic rings. The highest BCUT2D eigenvalue weighted by Gasteiger charge is 2.31. The molecule has 7 heteroatoms. The Morgan fingerprint density at radius 1 is 1.26 bits per heavy atom. The van der Waals surface area contributed by atoms with Crippen LogP contribution in [0.2, 0.25) is 5.02 Å². The number of carbonyl (C=O) groups is 1. The SMILES string of the molecule is COc1ccc2c(c1)c(C=C1Oc3cc(O)cc(Cl)c3C1=O)c(C)n2CCCN(C)C. The number of methoxy groups -OCH3 is 1. The van der Waals surface area contributed by atoms with Crippen molar-refractivity contribution in [2.75, 3.05) is 27.7 Å². The van der Waals surface area contributed by atoms with Gasteiger partial charge in [0.1, 0.15) is 17.2 Å². The van der Waals surface area contributed by atoms with Gasteiger partial charge in [-0.3, -0.25) is 4.79 Å². The first-order valence-electron chi connectivity index (χ1n) is 10.1. The summed E-state index contributed by atoms with van der Waals surface area (Å²) in [7, 11) is 5.75. The number of hydrogen-bond donors (Lipinski definition) is 1. The Morgan fingerprint density at radius 3 is 2.74 bits per heavy atom. The van der Waals surface area contributed by atoms with Crippen molar-refractivity contribution in [1.82, 2.24) is 9.47 Å². The Morgan fingerprint density at radius 2 is 2.03 bits per heavy atom. The lowest BCUT2D eigenvalue weighted by Crippen LogP contribution is -2.15. The zero-order valence-electron chi connectivity index (χ0n) is 18.0. The van der Waals surface area contributed by atoms with Gasteiger partial charge in [-0.2, -0.15) is 0 Å². The lowest BCUT2D eigenvalue weighted by atomic mass is 10.1. The molecular formula is C24H25ClN2O4. The van der Waals surface area contributed by atoms with Crippen molar-refractivity contribution in [3.63, 3.8) is 0 Å². The van der Waals surface area contributed by atoms with Gasteiger partial charge in [-0.05, 0) is 64.3 Å². The molecule has 1 aromatic heterocycles. The van der Waals surface area contributed by atoms with Crippen LogP contribution in [-0.2, 0) is 6.54 Å². The van der Waals surface area contributed by atoms with Crippen LogP contribution in [0.25, 0.3) is 17.0 Å². The Bertz CT molecular complexity index is 1210. The van der Waals surface area contributed by atoms with Gasteiger partial charge < -0.3 is 24.0 Å². The van der Waals surface area contributed by atoms with Crippen LogP contribution >= 0.6 is 11.6 Å². The minimum Gasteiger partial charge on any atom is -0.508 e. The number of aromatic nitrogens is 1. The van der Waals surface area contributed by atoms with E-state index in [0.717, 1.165) is 47.4 Å². The maximum absolute atomic E-state index is 13.0. The average Bonchev–Trinajstić information content (AvgIpc) is 3.16. The summed E-state index contributed by atoms with van der Waals surface area (Å²) in [5, 5.41) is 10.9. The molecule has 0 saturated carbocycles. The fourth-order valence-electron chi connectivity index (χ4n) is 4.01. The maximum Gasteiger partial charge on any atom is 0.233 e. The number of ketones is 1. The van der Waals surface area contributed by atoms with E-state index in [1.54, 1.807) is 13.2 Å². The number of rotatable bonds is 6. The van der Waals surface area contributed by atoms with Crippen LogP contribution in [0.15, 0.2) is 36.1 Å². The minimum absolute atomic E-state index is 0.0452. The van der Waals surface area contributed by atoms with Crippen LogP contribution in [0.4, 0.5) is 0 Å². The van der Waals surface area contributed by atoms with E-state index < -0.39 is 0 Å². The van der Waals surface area contributed by atoms with E-state index in [0.29, 0.717) is 0 Å². The van der Waals surface area contributed by atoms with E-state index in [-0.39, 0.29) is 33.6 Å². The number of aryl methyl sites for hydroxylation is 1. The smallest absolute Gasteiger partial charge is 0.233 e. The summed E-state index contributed by atoms with van der Waals surface area (Å²) in [5.74, 6) is 0.853. The summed E-state index contributed by atoms with van der Waals surface area (Å²) in [6.07, 6.45) is 2.75. The number of allylic oxidation sites excluding steroid dienone is 1. The monoisotopic (exact) mass is 440 g/mol. The number of benzene rings is 2. The molecule has 2 heterocycles. The van der Waals surface area contributed by atoms with Gasteiger partial charge in [0.15, 0.2) is 5.76 Å². The number of halogens is 1. The van der Waals surface area contributed by atoms with Crippen molar-refractivity contribution in [1.29, 1.82) is 0 Å². The second kappa shape index (κ2) is 8.29. The van der Waals surface area contributed by atoms with Crippen LogP contribution < -0.4 is 9.47 Å². The van der Waals surface area contributed by atoms with Gasteiger partial charge >= 0.3 is 0 Å². The normalized spacial score (nSPS) is 14.5. The number of phenolic OH excluding ortho intramolecular Hbond substituents is 1. The third-order valence-corrected chi connectivity index (χ3v) is 5.85. The molecule has 0 saturated heterocycles. The van der Waals surface area contributed by atoms with Crippen LogP contribution in [0.5, 0.6) is 17.2 Å². The van der Waals surface area contributed by atoms with Crippen LogP contribution in [0.3, 0.4) is 0 Å². The molecule has 0 aliphatic carbocycles. The highest BCUT2D eigenvalue weighted by Crippen LogP contribution is 2.40. The molecular weight excluding hydrogens is 416 g/mol. The predicted molar refractivity (Wildman–Crippen MR) is 122 cm³/mol. The summed E-state index contributed by atoms with van der Waals surface area (Å²) in [5.41, 5.74) is 3.28. The number of fused-ring (bicyclic) bond motifs is 2. The van der Waals surface area contributed by atoms with Gasteiger partial charge in [-0.25, -0.2) is 0 Å². The molecule has 0 bridgehead atoms. The zero-order chi connectivity index (χ0) is 22.3. The third-order valence-electron chi connectivity index (χ3n) is 5.55. The van der Waals surface area contributed by atoms with E-state index >= 15 is 0 Å². The Kier molecular flexibility index (Phi) is 5.69. The van der Waals surface area contributed by atoms with Crippen molar-refractivity contribution in [3.05, 3.63) is 57.9 Å². The van der Waals surface area contributed by atoms with Gasteiger partial charge in [0, 0.05) is 34.8 Å². The van der Waals surface area contributed by atoms with Crippen LogP contribution in [-0.4, -0.2) is 48.1 Å². The standard InChI is InChI=1S/C24H25ClN2O4/c1-14-17(13-22-24(29)23-19(25)10-15(28)11-21(23)31-22)18-12-16(30-4)6-7-20(18)27(14)9-5-8-26(2)3/h6-7,10-13,28H,5,8-9H2,1-4H3. The van der Waals surface area contributed by atoms with Crippen molar-refractivity contribution in [2.24, 2.45) is 0 Å². The Labute approximate surface area is 186 Å². The number of ether oxygens (including phenoxy) is 2. The topological polar surface area (TPSA) is 63.9 Å². The van der Waals surface area contributed by atoms with E-state index in [9.17, 15) is 9.90 Å². The first-order valence-corrected chi connectivity index (χ1v) is 10.5. The molecule has 0 atom stereocenters. The van der Waals surface area contributed by atoms with Gasteiger partial charge in [-0.1, -0.05) is 11.6 Å². The number of aromatic hydroxyl groups is 1. The molecule has 1 aliphatic heterocycles. The Hall–Kier alpha value is -2.96. The molecule has 2 aromatic carbocycles. The number of hydrogen-bond acceptors (Lipinski definition) is 5. The van der Waals surface area contributed by atoms with Crippen molar-refractivity contribution >= 4 is 34.4 Å². The lowest BCUT2D eigenvalue weighted by molar-refractivity contribution is 0.101. The predicted octanol–water partition coefficient (Wildman–Crippen LogP) is 4.89. The molecule has 162 valence electrons. The number of Topliss-reactive ketones (excluding diaryl/α,β-unsaturated/α-hetero) is 1. The second-order valence-electron chi connectivity index (χ2n) is 7.93. The first-order chi connectivity index (χ1) is 14.8. The van der Waals surface area contributed by atoms with Crippen molar-refractivity contribution < 1.29 is 19.4 Å². The molecule has 4 rings (SSSR count).